The van der Waals surface area contributed by atoms with E-state index in [4.69, 9.17) is 0 Å². The number of nitrogens with zero attached hydrogens (tertiary/aromatic N) is 3. The van der Waals surface area contributed by atoms with E-state index in [1.165, 1.54) is 11.3 Å². The van der Waals surface area contributed by atoms with Crippen molar-refractivity contribution in [3.63, 3.8) is 0 Å². The van der Waals surface area contributed by atoms with Crippen LogP contribution in [0, 0.1) is 0 Å². The quantitative estimate of drug-likeness (QED) is 0.919. The highest BCUT2D eigenvalue weighted by Gasteiger charge is 2.11. The number of pyridine rings is 1. The molecule has 0 aromatic carbocycles. The average molecular weight is 323 g/mol. The molecule has 0 fully saturated rings. The van der Waals surface area contributed by atoms with Crippen LogP contribution in [0.15, 0.2) is 29.0 Å². The first-order valence-electron chi connectivity index (χ1n) is 6.53. The van der Waals surface area contributed by atoms with Gasteiger partial charge in [-0.3, -0.25) is 0 Å². The van der Waals surface area contributed by atoms with Gasteiger partial charge in [0.1, 0.15) is 0 Å². The predicted molar refractivity (Wildman–Crippen MR) is 80.4 cm³/mol. The minimum atomic E-state index is 0.471. The van der Waals surface area contributed by atoms with Gasteiger partial charge in [-0.05, 0) is 34.5 Å². The van der Waals surface area contributed by atoms with Crippen molar-refractivity contribution in [3.05, 3.63) is 40.3 Å². The number of nitrogens with one attached hydrogen (secondary N) is 1. The van der Waals surface area contributed by atoms with Crippen LogP contribution in [-0.2, 0) is 13.0 Å². The molecule has 5 heteroatoms. The molecule has 2 heterocycles. The van der Waals surface area contributed by atoms with E-state index >= 15 is 0 Å². The molecule has 19 heavy (non-hydrogen) atoms. The van der Waals surface area contributed by atoms with Gasteiger partial charge in [0.15, 0.2) is 5.82 Å². The third-order valence-corrected chi connectivity index (χ3v) is 3.39. The first-order chi connectivity index (χ1) is 9.11. The molecule has 102 valence electrons. The summed E-state index contributed by atoms with van der Waals surface area (Å²) < 4.78 is 2.90. The molecule has 0 unspecified atom stereocenters. The first-order valence-corrected chi connectivity index (χ1v) is 7.32. The molecule has 2 aromatic heterocycles. The van der Waals surface area contributed by atoms with Crippen molar-refractivity contribution >= 4 is 15.9 Å². The Bertz CT molecular complexity index is 531. The molecular weight excluding hydrogens is 304 g/mol. The Balaban J connectivity index is 2.28. The zero-order valence-electron chi connectivity index (χ0n) is 11.5. The van der Waals surface area contributed by atoms with Crippen molar-refractivity contribution in [3.8, 4) is 5.82 Å². The number of aromatic nitrogens is 3. The van der Waals surface area contributed by atoms with E-state index in [0.29, 0.717) is 6.04 Å². The third kappa shape index (κ3) is 3.42. The van der Waals surface area contributed by atoms with Gasteiger partial charge in [-0.25, -0.2) is 9.67 Å². The summed E-state index contributed by atoms with van der Waals surface area (Å²) in [7, 11) is 0. The van der Waals surface area contributed by atoms with Gasteiger partial charge in [-0.1, -0.05) is 20.8 Å². The smallest absolute Gasteiger partial charge is 0.153 e. The molecule has 0 spiro atoms. The molecule has 0 radical (unpaired) electrons. The lowest BCUT2D eigenvalue weighted by molar-refractivity contribution is 0.586. The molecule has 0 aliphatic rings. The molecule has 1 N–H and O–H groups in total. The summed E-state index contributed by atoms with van der Waals surface area (Å²) in [6, 6.07) is 4.42. The third-order valence-electron chi connectivity index (χ3n) is 2.92. The molecule has 4 nitrogen and oxygen atoms in total. The van der Waals surface area contributed by atoms with E-state index < -0.39 is 0 Å². The molecular formula is C14H19BrN4. The second kappa shape index (κ2) is 6.30. The molecule has 0 aliphatic heterocycles. The molecule has 0 saturated carbocycles. The Labute approximate surface area is 122 Å². The van der Waals surface area contributed by atoms with Crippen LogP contribution in [0.25, 0.3) is 5.82 Å². The lowest BCUT2D eigenvalue weighted by Crippen LogP contribution is -2.22. The van der Waals surface area contributed by atoms with Gasteiger partial charge < -0.3 is 5.32 Å². The minimum absolute atomic E-state index is 0.471. The number of hydrogen-bond donors (Lipinski definition) is 1. The zero-order valence-corrected chi connectivity index (χ0v) is 13.1. The lowest BCUT2D eigenvalue weighted by Gasteiger charge is -2.09. The Kier molecular flexibility index (Phi) is 4.71. The monoisotopic (exact) mass is 322 g/mol. The van der Waals surface area contributed by atoms with Crippen LogP contribution < -0.4 is 5.32 Å². The van der Waals surface area contributed by atoms with Gasteiger partial charge in [0.25, 0.3) is 0 Å². The molecule has 0 bridgehead atoms. The van der Waals surface area contributed by atoms with E-state index in [1.807, 2.05) is 23.0 Å². The van der Waals surface area contributed by atoms with Gasteiger partial charge in [0.2, 0.25) is 0 Å². The molecule has 2 aromatic rings. The van der Waals surface area contributed by atoms with E-state index in [2.05, 4.69) is 52.1 Å². The second-order valence-corrected chi connectivity index (χ2v) is 5.67. The van der Waals surface area contributed by atoms with Crippen LogP contribution in [0.4, 0.5) is 0 Å². The standard InChI is InChI=1S/C14H19BrN4/c1-4-13-11(7-16-10(2)3)8-18-19(13)14-6-5-12(15)9-17-14/h5-6,8-10,16H,4,7H2,1-3H3. The molecule has 0 amide bonds. The normalized spacial score (nSPS) is 11.2. The first kappa shape index (κ1) is 14.2. The van der Waals surface area contributed by atoms with Crippen molar-refractivity contribution in [1.82, 2.24) is 20.1 Å². The van der Waals surface area contributed by atoms with Crippen LogP contribution >= 0.6 is 15.9 Å². The van der Waals surface area contributed by atoms with Crippen molar-refractivity contribution in [2.75, 3.05) is 0 Å². The summed E-state index contributed by atoms with van der Waals surface area (Å²) in [5, 5.41) is 7.89. The zero-order chi connectivity index (χ0) is 13.8. The number of hydrogen-bond acceptors (Lipinski definition) is 3. The fraction of sp³-hybridized carbons (Fsp3) is 0.429. The van der Waals surface area contributed by atoms with E-state index in [1.54, 1.807) is 6.20 Å². The number of halogens is 1. The van der Waals surface area contributed by atoms with Gasteiger partial charge in [0, 0.05) is 28.8 Å². The summed E-state index contributed by atoms with van der Waals surface area (Å²) in [4.78, 5) is 4.40. The maximum Gasteiger partial charge on any atom is 0.153 e. The van der Waals surface area contributed by atoms with Crippen molar-refractivity contribution in [2.45, 2.75) is 39.8 Å². The van der Waals surface area contributed by atoms with Gasteiger partial charge in [-0.2, -0.15) is 5.10 Å². The average Bonchev–Trinajstić information content (AvgIpc) is 2.80. The summed E-state index contributed by atoms with van der Waals surface area (Å²) in [6.07, 6.45) is 4.66. The van der Waals surface area contributed by atoms with Crippen molar-refractivity contribution in [2.24, 2.45) is 0 Å². The van der Waals surface area contributed by atoms with Gasteiger partial charge in [-0.15, -0.1) is 0 Å². The summed E-state index contributed by atoms with van der Waals surface area (Å²) >= 11 is 3.40. The predicted octanol–water partition coefficient (Wildman–Crippen LogP) is 3.09. The highest BCUT2D eigenvalue weighted by atomic mass is 79.9. The van der Waals surface area contributed by atoms with Crippen LogP contribution in [0.2, 0.25) is 0 Å². The van der Waals surface area contributed by atoms with E-state index in [0.717, 1.165) is 23.3 Å². The Morgan fingerprint density at radius 2 is 2.11 bits per heavy atom. The van der Waals surface area contributed by atoms with Crippen LogP contribution in [0.5, 0.6) is 0 Å². The van der Waals surface area contributed by atoms with Crippen LogP contribution in [0.1, 0.15) is 32.0 Å². The minimum Gasteiger partial charge on any atom is -0.310 e. The Morgan fingerprint density at radius 1 is 1.32 bits per heavy atom. The van der Waals surface area contributed by atoms with Crippen molar-refractivity contribution in [1.29, 1.82) is 0 Å². The van der Waals surface area contributed by atoms with E-state index in [-0.39, 0.29) is 0 Å². The molecule has 2 rings (SSSR count). The second-order valence-electron chi connectivity index (χ2n) is 4.75. The lowest BCUT2D eigenvalue weighted by atomic mass is 10.2. The van der Waals surface area contributed by atoms with Crippen LogP contribution in [-0.4, -0.2) is 20.8 Å². The highest BCUT2D eigenvalue weighted by molar-refractivity contribution is 9.10. The fourth-order valence-corrected chi connectivity index (χ4v) is 2.17. The van der Waals surface area contributed by atoms with Gasteiger partial charge >= 0.3 is 0 Å². The SMILES string of the molecule is CCc1c(CNC(C)C)cnn1-c1ccc(Br)cn1. The largest absolute Gasteiger partial charge is 0.310 e. The van der Waals surface area contributed by atoms with Crippen LogP contribution in [0.3, 0.4) is 0 Å². The maximum atomic E-state index is 4.46. The molecule has 0 aliphatic carbocycles. The Hall–Kier alpha value is -1.20. The highest BCUT2D eigenvalue weighted by Crippen LogP contribution is 2.16. The number of rotatable bonds is 5. The summed E-state index contributed by atoms with van der Waals surface area (Å²) in [5.41, 5.74) is 2.45. The molecule has 0 saturated heterocycles. The van der Waals surface area contributed by atoms with Crippen molar-refractivity contribution < 1.29 is 0 Å². The summed E-state index contributed by atoms with van der Waals surface area (Å²) in [6.45, 7) is 7.28. The topological polar surface area (TPSA) is 42.7 Å². The van der Waals surface area contributed by atoms with E-state index in [9.17, 15) is 0 Å². The Morgan fingerprint density at radius 3 is 2.68 bits per heavy atom. The fourth-order valence-electron chi connectivity index (χ4n) is 1.94. The maximum absolute atomic E-state index is 4.46. The summed E-state index contributed by atoms with van der Waals surface area (Å²) in [5.74, 6) is 0.857. The van der Waals surface area contributed by atoms with Gasteiger partial charge in [0.05, 0.1) is 11.9 Å². The molecule has 0 atom stereocenters.